The Morgan fingerprint density at radius 3 is 2.72 bits per heavy atom. The maximum Gasteiger partial charge on any atom is 0.244 e. The van der Waals surface area contributed by atoms with Crippen LogP contribution in [-0.2, 0) is 0 Å². The lowest BCUT2D eigenvalue weighted by molar-refractivity contribution is 0.174. The van der Waals surface area contributed by atoms with Crippen LogP contribution in [0, 0.1) is 11.3 Å². The maximum atomic E-state index is 9.79. The molecular formula is C21H16N4O4. The number of rotatable bonds is 3. The summed E-state index contributed by atoms with van der Waals surface area (Å²) in [6.45, 7) is 0.190. The molecule has 0 fully saturated rings. The number of aromatic nitrogens is 2. The Labute approximate surface area is 166 Å². The Morgan fingerprint density at radius 1 is 1.17 bits per heavy atom. The van der Waals surface area contributed by atoms with Crippen LogP contribution in [0.15, 0.2) is 53.9 Å². The number of aromatic amines is 1. The van der Waals surface area contributed by atoms with Crippen molar-refractivity contribution in [1.82, 2.24) is 10.2 Å². The summed E-state index contributed by atoms with van der Waals surface area (Å²) in [5.74, 6) is 2.01. The normalized spacial score (nSPS) is 16.8. The second-order valence-corrected chi connectivity index (χ2v) is 6.58. The van der Waals surface area contributed by atoms with Gasteiger partial charge >= 0.3 is 0 Å². The van der Waals surface area contributed by atoms with Crippen LogP contribution in [0.2, 0.25) is 0 Å². The van der Waals surface area contributed by atoms with Crippen molar-refractivity contribution in [3.63, 3.8) is 0 Å². The molecule has 144 valence electrons. The molecule has 0 bridgehead atoms. The summed E-state index contributed by atoms with van der Waals surface area (Å²) >= 11 is 0. The number of hydrogen-bond acceptors (Lipinski definition) is 7. The lowest BCUT2D eigenvalue weighted by atomic mass is 9.83. The minimum absolute atomic E-state index is 0.0459. The average Bonchev–Trinajstić information content (AvgIpc) is 3.39. The Kier molecular flexibility index (Phi) is 3.81. The van der Waals surface area contributed by atoms with E-state index in [0.717, 1.165) is 28.1 Å². The smallest absolute Gasteiger partial charge is 0.244 e. The first kappa shape index (κ1) is 17.0. The van der Waals surface area contributed by atoms with E-state index < -0.39 is 5.92 Å². The monoisotopic (exact) mass is 388 g/mol. The molecule has 2 aliphatic heterocycles. The highest BCUT2D eigenvalue weighted by atomic mass is 16.7. The summed E-state index contributed by atoms with van der Waals surface area (Å²) in [7, 11) is 1.61. The standard InChI is InChI=1S/C21H16N4O4/c1-26-13-5-2-11(3-6-13)17-14(9-22)20(23)29-21-18(17)19(24-25-21)12-4-7-15-16(8-12)28-10-27-15/h2-8,17H,10,23H2,1H3,(H,24,25)/t17-/m1/s1. The van der Waals surface area contributed by atoms with Crippen molar-refractivity contribution in [3.8, 4) is 40.5 Å². The van der Waals surface area contributed by atoms with Gasteiger partial charge < -0.3 is 24.7 Å². The summed E-state index contributed by atoms with van der Waals surface area (Å²) in [5.41, 5.74) is 9.52. The molecule has 0 unspecified atom stereocenters. The molecule has 0 spiro atoms. The van der Waals surface area contributed by atoms with E-state index in [0.29, 0.717) is 23.0 Å². The Morgan fingerprint density at radius 2 is 1.97 bits per heavy atom. The SMILES string of the molecule is COc1ccc([C@@H]2C(C#N)=C(N)Oc3n[nH]c(-c4ccc5c(c4)OCO5)c32)cc1. The molecule has 0 saturated carbocycles. The summed E-state index contributed by atoms with van der Waals surface area (Å²) in [6, 6.07) is 15.3. The molecule has 8 heteroatoms. The van der Waals surface area contributed by atoms with E-state index in [2.05, 4.69) is 16.3 Å². The highest BCUT2D eigenvalue weighted by molar-refractivity contribution is 5.73. The Bertz CT molecular complexity index is 1170. The topological polar surface area (TPSA) is 115 Å². The summed E-state index contributed by atoms with van der Waals surface area (Å²) in [6.07, 6.45) is 0. The molecule has 29 heavy (non-hydrogen) atoms. The lowest BCUT2D eigenvalue weighted by Crippen LogP contribution is -2.20. The second kappa shape index (κ2) is 6.49. The largest absolute Gasteiger partial charge is 0.497 e. The fraction of sp³-hybridized carbons (Fsp3) is 0.143. The van der Waals surface area contributed by atoms with Crippen molar-refractivity contribution in [2.45, 2.75) is 5.92 Å². The van der Waals surface area contributed by atoms with Crippen LogP contribution < -0.4 is 24.7 Å². The van der Waals surface area contributed by atoms with Crippen LogP contribution >= 0.6 is 0 Å². The third-order valence-corrected chi connectivity index (χ3v) is 5.05. The number of methoxy groups -OCH3 is 1. The molecule has 3 N–H and O–H groups in total. The van der Waals surface area contributed by atoms with E-state index in [1.165, 1.54) is 0 Å². The second-order valence-electron chi connectivity index (χ2n) is 6.58. The predicted octanol–water partition coefficient (Wildman–Crippen LogP) is 3.03. The van der Waals surface area contributed by atoms with Gasteiger partial charge in [0.1, 0.15) is 17.4 Å². The van der Waals surface area contributed by atoms with Gasteiger partial charge in [0.15, 0.2) is 11.5 Å². The zero-order valence-corrected chi connectivity index (χ0v) is 15.4. The fourth-order valence-corrected chi connectivity index (χ4v) is 3.65. The number of H-pyrrole nitrogens is 1. The van der Waals surface area contributed by atoms with Gasteiger partial charge in [0, 0.05) is 5.56 Å². The Balaban J connectivity index is 1.68. The molecule has 2 aliphatic rings. The zero-order valence-electron chi connectivity index (χ0n) is 15.4. The first-order valence-corrected chi connectivity index (χ1v) is 8.89. The number of ether oxygens (including phenoxy) is 4. The Hall–Kier alpha value is -4.12. The maximum absolute atomic E-state index is 9.79. The average molecular weight is 388 g/mol. The van der Waals surface area contributed by atoms with Gasteiger partial charge in [-0.1, -0.05) is 12.1 Å². The van der Waals surface area contributed by atoms with E-state index in [1.807, 2.05) is 42.5 Å². The van der Waals surface area contributed by atoms with Crippen LogP contribution in [0.5, 0.6) is 23.1 Å². The van der Waals surface area contributed by atoms with Crippen molar-refractivity contribution >= 4 is 0 Å². The number of nitriles is 1. The predicted molar refractivity (Wildman–Crippen MR) is 102 cm³/mol. The summed E-state index contributed by atoms with van der Waals surface area (Å²) < 4.78 is 21.8. The van der Waals surface area contributed by atoms with Gasteiger partial charge in [0.25, 0.3) is 0 Å². The van der Waals surface area contributed by atoms with Crippen molar-refractivity contribution in [1.29, 1.82) is 5.26 Å². The number of nitrogens with zero attached hydrogens (tertiary/aromatic N) is 2. The van der Waals surface area contributed by atoms with Gasteiger partial charge in [-0.25, -0.2) is 0 Å². The van der Waals surface area contributed by atoms with Crippen LogP contribution in [0.1, 0.15) is 17.0 Å². The van der Waals surface area contributed by atoms with Crippen molar-refractivity contribution < 1.29 is 18.9 Å². The number of allylic oxidation sites excluding steroid dienone is 1. The molecule has 5 rings (SSSR count). The van der Waals surface area contributed by atoms with Crippen molar-refractivity contribution in [3.05, 3.63) is 65.0 Å². The number of fused-ring (bicyclic) bond motifs is 2. The zero-order chi connectivity index (χ0) is 20.0. The molecule has 0 amide bonds. The molecule has 2 aromatic carbocycles. The van der Waals surface area contributed by atoms with Crippen molar-refractivity contribution in [2.75, 3.05) is 13.9 Å². The highest BCUT2D eigenvalue weighted by Crippen LogP contribution is 2.47. The molecule has 0 radical (unpaired) electrons. The van der Waals surface area contributed by atoms with Gasteiger partial charge in [-0.2, -0.15) is 5.26 Å². The molecule has 1 aromatic heterocycles. The molecular weight excluding hydrogens is 372 g/mol. The van der Waals surface area contributed by atoms with Crippen LogP contribution in [-0.4, -0.2) is 24.1 Å². The van der Waals surface area contributed by atoms with Crippen LogP contribution in [0.25, 0.3) is 11.3 Å². The van der Waals surface area contributed by atoms with E-state index in [9.17, 15) is 5.26 Å². The number of hydrogen-bond donors (Lipinski definition) is 2. The number of nitrogens with two attached hydrogens (primary N) is 1. The highest BCUT2D eigenvalue weighted by Gasteiger charge is 2.35. The van der Waals surface area contributed by atoms with Gasteiger partial charge in [-0.3, -0.25) is 5.10 Å². The van der Waals surface area contributed by atoms with E-state index in [-0.39, 0.29) is 12.7 Å². The van der Waals surface area contributed by atoms with Crippen LogP contribution in [0.3, 0.4) is 0 Å². The van der Waals surface area contributed by atoms with E-state index in [4.69, 9.17) is 24.7 Å². The molecule has 3 aromatic rings. The van der Waals surface area contributed by atoms with Gasteiger partial charge in [0.2, 0.25) is 18.6 Å². The first-order chi connectivity index (χ1) is 14.2. The molecule has 3 heterocycles. The van der Waals surface area contributed by atoms with E-state index >= 15 is 0 Å². The lowest BCUT2D eigenvalue weighted by Gasteiger charge is -2.24. The minimum Gasteiger partial charge on any atom is -0.497 e. The van der Waals surface area contributed by atoms with Crippen molar-refractivity contribution in [2.24, 2.45) is 5.73 Å². The number of benzene rings is 2. The quantitative estimate of drug-likeness (QED) is 0.708. The van der Waals surface area contributed by atoms with Gasteiger partial charge in [0.05, 0.1) is 24.3 Å². The van der Waals surface area contributed by atoms with Crippen LogP contribution in [0.4, 0.5) is 0 Å². The van der Waals surface area contributed by atoms with E-state index in [1.54, 1.807) is 7.11 Å². The van der Waals surface area contributed by atoms with Gasteiger partial charge in [-0.15, -0.1) is 5.10 Å². The third kappa shape index (κ3) is 2.63. The minimum atomic E-state index is -0.436. The first-order valence-electron chi connectivity index (χ1n) is 8.89. The molecule has 0 saturated heterocycles. The number of nitrogens with one attached hydrogen (secondary N) is 1. The van der Waals surface area contributed by atoms with Gasteiger partial charge in [-0.05, 0) is 35.9 Å². The third-order valence-electron chi connectivity index (χ3n) is 5.05. The summed E-state index contributed by atoms with van der Waals surface area (Å²) in [5, 5.41) is 17.1. The summed E-state index contributed by atoms with van der Waals surface area (Å²) in [4.78, 5) is 0. The molecule has 8 nitrogen and oxygen atoms in total. The molecule has 1 atom stereocenters. The fourth-order valence-electron chi connectivity index (χ4n) is 3.65. The molecule has 0 aliphatic carbocycles.